The van der Waals surface area contributed by atoms with Gasteiger partial charge in [0.25, 0.3) is 0 Å². The maximum absolute atomic E-state index is 12.8. The van der Waals surface area contributed by atoms with Gasteiger partial charge >= 0.3 is 12.1 Å². The quantitative estimate of drug-likeness (QED) is 0.388. The van der Waals surface area contributed by atoms with Gasteiger partial charge in [-0.25, -0.2) is 9.59 Å². The van der Waals surface area contributed by atoms with Crippen LogP contribution in [0, 0.1) is 0 Å². The number of rotatable bonds is 11. The van der Waals surface area contributed by atoms with Crippen molar-refractivity contribution in [1.29, 1.82) is 0 Å². The summed E-state index contributed by atoms with van der Waals surface area (Å²) in [5.41, 5.74) is 0. The number of methoxy groups -OCH3 is 3. The van der Waals surface area contributed by atoms with E-state index < -0.39 is 12.3 Å². The van der Waals surface area contributed by atoms with E-state index >= 15 is 0 Å². The third-order valence-corrected chi connectivity index (χ3v) is 4.28. The summed E-state index contributed by atoms with van der Waals surface area (Å²) in [5, 5.41) is 0. The molecule has 2 saturated heterocycles. The number of hydrogen-bond acceptors (Lipinski definition) is 6. The predicted octanol–water partition coefficient (Wildman–Crippen LogP) is 0.518. The van der Waals surface area contributed by atoms with Crippen molar-refractivity contribution in [3.63, 3.8) is 0 Å². The lowest BCUT2D eigenvalue weighted by Crippen LogP contribution is -2.48. The first-order valence-electron chi connectivity index (χ1n) is 8.46. The normalized spacial score (nSPS) is 23.1. The minimum absolute atomic E-state index is 0.0716. The van der Waals surface area contributed by atoms with Gasteiger partial charge < -0.3 is 23.8 Å². The second-order valence-electron chi connectivity index (χ2n) is 5.85. The molecular weight excluding hydrogens is 344 g/mol. The zero-order valence-electron chi connectivity index (χ0n) is 15.8. The molecule has 0 radical (unpaired) electrons. The van der Waals surface area contributed by atoms with Gasteiger partial charge in [0.2, 0.25) is 0 Å². The lowest BCUT2D eigenvalue weighted by molar-refractivity contribution is -0.0114. The molecule has 2 aliphatic rings. The Bertz CT molecular complexity index is 517. The average Bonchev–Trinajstić information content (AvgIpc) is 3.05. The number of amides is 4. The molecule has 148 valence electrons. The third kappa shape index (κ3) is 3.93. The number of nitrogens with zero attached hydrogens (tertiary/aromatic N) is 4. The van der Waals surface area contributed by atoms with E-state index in [1.165, 1.54) is 24.0 Å². The topological polar surface area (TPSA) is 84.0 Å². The van der Waals surface area contributed by atoms with Crippen molar-refractivity contribution in [2.45, 2.75) is 19.3 Å². The molecule has 2 unspecified atom stereocenters. The lowest BCUT2D eigenvalue weighted by atomic mass is 10.3. The molecule has 10 nitrogen and oxygen atoms in total. The summed E-state index contributed by atoms with van der Waals surface area (Å²) in [7, 11) is 4.64. The Morgan fingerprint density at radius 2 is 1.27 bits per heavy atom. The van der Waals surface area contributed by atoms with Crippen molar-refractivity contribution in [1.82, 2.24) is 19.6 Å². The lowest BCUT2D eigenvalue weighted by Gasteiger charge is -2.28. The molecule has 0 bridgehead atoms. The number of ether oxygens (including phenoxy) is 4. The van der Waals surface area contributed by atoms with Gasteiger partial charge in [-0.1, -0.05) is 12.2 Å². The average molecular weight is 372 g/mol. The number of fused-ring (bicyclic) bond motifs is 1. The summed E-state index contributed by atoms with van der Waals surface area (Å²) in [4.78, 5) is 31.8. The highest BCUT2D eigenvalue weighted by atomic mass is 16.5. The molecule has 10 heteroatoms. The minimum Gasteiger partial charge on any atom is -0.381 e. The van der Waals surface area contributed by atoms with Crippen LogP contribution in [0.5, 0.6) is 0 Å². The number of hydrogen-bond donors (Lipinski definition) is 0. The number of carbonyl (C=O) groups is 2. The van der Waals surface area contributed by atoms with Crippen molar-refractivity contribution >= 4 is 12.1 Å². The monoisotopic (exact) mass is 372 g/mol. The maximum Gasteiger partial charge on any atom is 0.327 e. The highest BCUT2D eigenvalue weighted by Crippen LogP contribution is 2.34. The van der Waals surface area contributed by atoms with Crippen molar-refractivity contribution in [2.24, 2.45) is 0 Å². The minimum atomic E-state index is -0.493. The second kappa shape index (κ2) is 9.72. The highest BCUT2D eigenvalue weighted by Gasteiger charge is 2.58. The van der Waals surface area contributed by atoms with E-state index in [1.54, 1.807) is 16.9 Å². The summed E-state index contributed by atoms with van der Waals surface area (Å²) in [6.07, 6.45) is 2.72. The van der Waals surface area contributed by atoms with E-state index in [0.29, 0.717) is 19.8 Å². The molecular formula is C16H28N4O6. The largest absolute Gasteiger partial charge is 0.381 e. The van der Waals surface area contributed by atoms with Gasteiger partial charge in [0.05, 0.1) is 13.2 Å². The van der Waals surface area contributed by atoms with Crippen LogP contribution in [-0.2, 0) is 18.9 Å². The SMILES string of the molecule is CCN1C(=O)N(COC/C=C/COC)C2C1N(COC)C(=O)N2COC. The number of likely N-dealkylation sites (N-methyl/N-ethyl adjacent to an activating group) is 1. The van der Waals surface area contributed by atoms with Crippen molar-refractivity contribution in [3.8, 4) is 0 Å². The molecule has 2 fully saturated rings. The molecule has 4 amide bonds. The van der Waals surface area contributed by atoms with Gasteiger partial charge in [-0.3, -0.25) is 14.7 Å². The zero-order chi connectivity index (χ0) is 19.1. The van der Waals surface area contributed by atoms with E-state index in [4.69, 9.17) is 18.9 Å². The van der Waals surface area contributed by atoms with Crippen LogP contribution < -0.4 is 0 Å². The van der Waals surface area contributed by atoms with Crippen LogP contribution in [0.2, 0.25) is 0 Å². The van der Waals surface area contributed by atoms with Crippen molar-refractivity contribution < 1.29 is 28.5 Å². The van der Waals surface area contributed by atoms with Crippen LogP contribution in [0.15, 0.2) is 12.2 Å². The molecule has 26 heavy (non-hydrogen) atoms. The summed E-state index contributed by atoms with van der Waals surface area (Å²) >= 11 is 0. The summed E-state index contributed by atoms with van der Waals surface area (Å²) < 4.78 is 20.9. The predicted molar refractivity (Wildman–Crippen MR) is 91.9 cm³/mol. The van der Waals surface area contributed by atoms with E-state index in [-0.39, 0.29) is 32.3 Å². The Labute approximate surface area is 153 Å². The van der Waals surface area contributed by atoms with Crippen LogP contribution in [0.1, 0.15) is 6.92 Å². The summed E-state index contributed by atoms with van der Waals surface area (Å²) in [6.45, 7) is 3.44. The Balaban J connectivity index is 2.14. The fourth-order valence-electron chi connectivity index (χ4n) is 3.21. The molecule has 2 heterocycles. The van der Waals surface area contributed by atoms with Crippen molar-refractivity contribution in [2.75, 3.05) is 61.3 Å². The van der Waals surface area contributed by atoms with Crippen LogP contribution in [0.3, 0.4) is 0 Å². The van der Waals surface area contributed by atoms with E-state index in [1.807, 2.05) is 19.1 Å². The fraction of sp³-hybridized carbons (Fsp3) is 0.750. The maximum atomic E-state index is 12.8. The molecule has 2 rings (SSSR count). The molecule has 0 spiro atoms. The van der Waals surface area contributed by atoms with Gasteiger partial charge in [0.1, 0.15) is 20.2 Å². The number of urea groups is 2. The van der Waals surface area contributed by atoms with Gasteiger partial charge in [0.15, 0.2) is 12.3 Å². The fourth-order valence-corrected chi connectivity index (χ4v) is 3.21. The van der Waals surface area contributed by atoms with E-state index in [9.17, 15) is 9.59 Å². The first-order valence-corrected chi connectivity index (χ1v) is 8.46. The molecule has 0 aliphatic carbocycles. The van der Waals surface area contributed by atoms with Crippen LogP contribution in [0.4, 0.5) is 9.59 Å². The summed E-state index contributed by atoms with van der Waals surface area (Å²) in [5.74, 6) is 0. The van der Waals surface area contributed by atoms with E-state index in [0.717, 1.165) is 0 Å². The molecule has 2 atom stereocenters. The molecule has 0 saturated carbocycles. The van der Waals surface area contributed by atoms with Crippen molar-refractivity contribution in [3.05, 3.63) is 12.2 Å². The zero-order valence-corrected chi connectivity index (χ0v) is 15.8. The summed E-state index contributed by atoms with van der Waals surface area (Å²) in [6, 6.07) is -0.419. The standard InChI is InChI=1S/C16H28N4O6/c1-5-17-13-14(19(11-25-4)16(22)18(13)10-24-3)20(15(17)21)12-26-9-7-6-8-23-2/h6-7,13-14H,5,8-12H2,1-4H3/b7-6+. The van der Waals surface area contributed by atoms with E-state index in [2.05, 4.69) is 0 Å². The molecule has 0 aromatic carbocycles. The van der Waals surface area contributed by atoms with Gasteiger partial charge in [-0.15, -0.1) is 0 Å². The van der Waals surface area contributed by atoms with Crippen LogP contribution in [-0.4, -0.2) is 105 Å². The number of carbonyl (C=O) groups excluding carboxylic acids is 2. The first-order chi connectivity index (χ1) is 12.6. The van der Waals surface area contributed by atoms with Gasteiger partial charge in [-0.05, 0) is 6.92 Å². The Kier molecular flexibility index (Phi) is 7.64. The Hall–Kier alpha value is -1.88. The van der Waals surface area contributed by atoms with Gasteiger partial charge in [-0.2, -0.15) is 0 Å². The molecule has 2 aliphatic heterocycles. The Morgan fingerprint density at radius 1 is 0.769 bits per heavy atom. The first kappa shape index (κ1) is 20.4. The molecule has 0 aromatic rings. The highest BCUT2D eigenvalue weighted by molar-refractivity contribution is 5.85. The smallest absolute Gasteiger partial charge is 0.327 e. The Morgan fingerprint density at radius 3 is 1.81 bits per heavy atom. The third-order valence-electron chi connectivity index (χ3n) is 4.28. The van der Waals surface area contributed by atoms with Gasteiger partial charge in [0, 0.05) is 27.9 Å². The molecule has 0 N–H and O–H groups in total. The van der Waals surface area contributed by atoms with Crippen LogP contribution >= 0.6 is 0 Å². The van der Waals surface area contributed by atoms with Crippen LogP contribution in [0.25, 0.3) is 0 Å². The second-order valence-corrected chi connectivity index (χ2v) is 5.85. The molecule has 0 aromatic heterocycles.